The molecule has 0 spiro atoms. The molecule has 0 bridgehead atoms. The summed E-state index contributed by atoms with van der Waals surface area (Å²) in [6, 6.07) is 13.4. The van der Waals surface area contributed by atoms with Crippen molar-refractivity contribution in [1.29, 1.82) is 0 Å². The Kier molecular flexibility index (Phi) is 3.51. The molecule has 3 aromatic heterocycles. The lowest BCUT2D eigenvalue weighted by Crippen LogP contribution is -1.94. The number of nitrogens with one attached hydrogen (secondary N) is 1. The number of aryl methyl sites for hydroxylation is 1. The monoisotopic (exact) mass is 376 g/mol. The summed E-state index contributed by atoms with van der Waals surface area (Å²) < 4.78 is 3.37. The maximum Gasteiger partial charge on any atom is 0.143 e. The number of tetrazole rings is 1. The molecule has 132 valence electrons. The van der Waals surface area contributed by atoms with E-state index < -0.39 is 0 Å². The number of aromatic nitrogens is 8. The van der Waals surface area contributed by atoms with Crippen molar-refractivity contribution in [2.45, 2.75) is 0 Å². The van der Waals surface area contributed by atoms with Crippen LogP contribution in [0.2, 0.25) is 5.02 Å². The Hall–Kier alpha value is -3.52. The number of nitrogens with zero attached hydrogens (tertiary/aromatic N) is 7. The summed E-state index contributed by atoms with van der Waals surface area (Å²) in [6.07, 6.45) is 3.49. The highest BCUT2D eigenvalue weighted by Crippen LogP contribution is 2.31. The van der Waals surface area contributed by atoms with Crippen LogP contribution >= 0.6 is 11.6 Å². The minimum atomic E-state index is 0.666. The van der Waals surface area contributed by atoms with E-state index in [0.717, 1.165) is 39.4 Å². The van der Waals surface area contributed by atoms with Gasteiger partial charge < -0.3 is 4.98 Å². The lowest BCUT2D eigenvalue weighted by atomic mass is 10.1. The summed E-state index contributed by atoms with van der Waals surface area (Å²) in [7, 11) is 1.88. The topological polar surface area (TPSA) is 90.1 Å². The zero-order valence-corrected chi connectivity index (χ0v) is 15.0. The normalized spacial score (nSPS) is 11.3. The third-order valence-electron chi connectivity index (χ3n) is 4.26. The van der Waals surface area contributed by atoms with Crippen LogP contribution in [0.5, 0.6) is 0 Å². The first-order valence-corrected chi connectivity index (χ1v) is 8.58. The molecule has 0 aliphatic heterocycles. The molecule has 8 nitrogen and oxygen atoms in total. The van der Waals surface area contributed by atoms with Crippen molar-refractivity contribution in [1.82, 2.24) is 40.0 Å². The van der Waals surface area contributed by atoms with E-state index in [0.29, 0.717) is 5.02 Å². The van der Waals surface area contributed by atoms with Gasteiger partial charge in [0, 0.05) is 23.8 Å². The van der Waals surface area contributed by atoms with Gasteiger partial charge in [-0.15, -0.1) is 5.10 Å². The van der Waals surface area contributed by atoms with Gasteiger partial charge in [0.1, 0.15) is 17.8 Å². The first kappa shape index (κ1) is 15.7. The Morgan fingerprint density at radius 3 is 2.85 bits per heavy atom. The third kappa shape index (κ3) is 2.76. The van der Waals surface area contributed by atoms with Crippen molar-refractivity contribution in [2.24, 2.45) is 7.05 Å². The molecule has 0 saturated carbocycles. The van der Waals surface area contributed by atoms with Gasteiger partial charge in [0.25, 0.3) is 0 Å². The quantitative estimate of drug-likeness (QED) is 0.522. The molecule has 1 N–H and O–H groups in total. The number of H-pyrrole nitrogens is 1. The summed E-state index contributed by atoms with van der Waals surface area (Å²) in [6.45, 7) is 0. The summed E-state index contributed by atoms with van der Waals surface area (Å²) in [5.41, 5.74) is 5.25. The molecular weight excluding hydrogens is 364 g/mol. The van der Waals surface area contributed by atoms with E-state index in [1.54, 1.807) is 15.7 Å². The number of aromatic amines is 1. The van der Waals surface area contributed by atoms with Gasteiger partial charge in [0.15, 0.2) is 0 Å². The van der Waals surface area contributed by atoms with Gasteiger partial charge in [-0.25, -0.2) is 9.67 Å². The minimum absolute atomic E-state index is 0.666. The van der Waals surface area contributed by atoms with Crippen LogP contribution in [0.4, 0.5) is 0 Å². The Morgan fingerprint density at radius 1 is 1.11 bits per heavy atom. The molecule has 0 saturated heterocycles. The fraction of sp³-hybridized carbons (Fsp3) is 0.0556. The molecule has 0 radical (unpaired) electrons. The van der Waals surface area contributed by atoms with Gasteiger partial charge in [-0.1, -0.05) is 23.7 Å². The largest absolute Gasteiger partial charge is 0.338 e. The highest BCUT2D eigenvalue weighted by Gasteiger charge is 2.16. The summed E-state index contributed by atoms with van der Waals surface area (Å²) in [5.74, 6) is 0.738. The molecule has 2 aromatic carbocycles. The summed E-state index contributed by atoms with van der Waals surface area (Å²) >= 11 is 6.15. The van der Waals surface area contributed by atoms with Crippen molar-refractivity contribution in [3.05, 3.63) is 60.0 Å². The first-order chi connectivity index (χ1) is 13.2. The fourth-order valence-corrected chi connectivity index (χ4v) is 3.25. The Balaban J connectivity index is 1.64. The maximum absolute atomic E-state index is 6.15. The molecule has 9 heteroatoms. The predicted molar refractivity (Wildman–Crippen MR) is 101 cm³/mol. The van der Waals surface area contributed by atoms with Crippen molar-refractivity contribution in [3.63, 3.8) is 0 Å². The number of imidazole rings is 1. The Bertz CT molecular complexity index is 1250. The zero-order chi connectivity index (χ0) is 18.4. The van der Waals surface area contributed by atoms with Crippen molar-refractivity contribution in [3.8, 4) is 28.3 Å². The first-order valence-electron chi connectivity index (χ1n) is 8.20. The van der Waals surface area contributed by atoms with Gasteiger partial charge in [-0.05, 0) is 40.8 Å². The van der Waals surface area contributed by atoms with Crippen LogP contribution < -0.4 is 0 Å². The van der Waals surface area contributed by atoms with Crippen molar-refractivity contribution >= 4 is 22.6 Å². The predicted octanol–water partition coefficient (Wildman–Crippen LogP) is 3.26. The second-order valence-corrected chi connectivity index (χ2v) is 6.55. The van der Waals surface area contributed by atoms with Gasteiger partial charge in [0.2, 0.25) is 0 Å². The molecule has 0 atom stereocenters. The van der Waals surface area contributed by atoms with Crippen LogP contribution in [-0.4, -0.2) is 40.0 Å². The van der Waals surface area contributed by atoms with Gasteiger partial charge >= 0.3 is 0 Å². The smallest absolute Gasteiger partial charge is 0.143 e. The van der Waals surface area contributed by atoms with Gasteiger partial charge in [-0.2, -0.15) is 5.10 Å². The third-order valence-corrected chi connectivity index (χ3v) is 4.50. The highest BCUT2D eigenvalue weighted by molar-refractivity contribution is 6.30. The SMILES string of the molecule is Cn1cc(-c2nc3ccc(-n4cnnn4)cc3[nH]2)c(-c2cccc(Cl)c2)n1. The van der Waals surface area contributed by atoms with E-state index in [9.17, 15) is 0 Å². The fourth-order valence-electron chi connectivity index (χ4n) is 3.06. The van der Waals surface area contributed by atoms with E-state index in [1.165, 1.54) is 0 Å². The molecule has 5 aromatic rings. The summed E-state index contributed by atoms with van der Waals surface area (Å²) in [4.78, 5) is 8.10. The van der Waals surface area contributed by atoms with E-state index in [-0.39, 0.29) is 0 Å². The van der Waals surface area contributed by atoms with Crippen molar-refractivity contribution < 1.29 is 0 Å². The lowest BCUT2D eigenvalue weighted by Gasteiger charge is -2.00. The summed E-state index contributed by atoms with van der Waals surface area (Å²) in [5, 5.41) is 16.5. The molecule has 0 fully saturated rings. The van der Waals surface area contributed by atoms with E-state index >= 15 is 0 Å². The van der Waals surface area contributed by atoms with Crippen molar-refractivity contribution in [2.75, 3.05) is 0 Å². The van der Waals surface area contributed by atoms with Crippen LogP contribution in [-0.2, 0) is 7.05 Å². The van der Waals surface area contributed by atoms with Gasteiger partial charge in [-0.3, -0.25) is 4.68 Å². The molecule has 0 amide bonds. The van der Waals surface area contributed by atoms with Crippen LogP contribution in [0.3, 0.4) is 0 Å². The Morgan fingerprint density at radius 2 is 2.04 bits per heavy atom. The molecule has 3 heterocycles. The molecule has 5 rings (SSSR count). The highest BCUT2D eigenvalue weighted by atomic mass is 35.5. The lowest BCUT2D eigenvalue weighted by molar-refractivity contribution is 0.771. The number of hydrogen-bond acceptors (Lipinski definition) is 5. The average molecular weight is 377 g/mol. The minimum Gasteiger partial charge on any atom is -0.338 e. The molecule has 0 aliphatic carbocycles. The maximum atomic E-state index is 6.15. The van der Waals surface area contributed by atoms with Gasteiger partial charge in [0.05, 0.1) is 22.3 Å². The van der Waals surface area contributed by atoms with Crippen LogP contribution in [0.1, 0.15) is 0 Å². The number of halogens is 1. The zero-order valence-electron chi connectivity index (χ0n) is 14.2. The van der Waals surface area contributed by atoms with E-state index in [4.69, 9.17) is 16.6 Å². The van der Waals surface area contributed by atoms with Crippen LogP contribution in [0, 0.1) is 0 Å². The second-order valence-electron chi connectivity index (χ2n) is 6.12. The number of hydrogen-bond donors (Lipinski definition) is 1. The molecule has 0 unspecified atom stereocenters. The standard InChI is InChI=1S/C18H13ClN8/c1-26-9-14(17(23-26)11-3-2-4-12(19)7-11)18-21-15-6-5-13(8-16(15)22-18)27-10-20-24-25-27/h2-10H,1H3,(H,21,22). The van der Waals surface area contributed by atoms with E-state index in [1.807, 2.05) is 55.7 Å². The van der Waals surface area contributed by atoms with Crippen LogP contribution in [0.25, 0.3) is 39.4 Å². The van der Waals surface area contributed by atoms with E-state index in [2.05, 4.69) is 25.6 Å². The second kappa shape index (κ2) is 6.03. The number of rotatable bonds is 3. The Labute approximate surface area is 158 Å². The number of benzene rings is 2. The molecule has 0 aliphatic rings. The molecular formula is C18H13ClN8. The average Bonchev–Trinajstić information content (AvgIpc) is 3.40. The molecule has 27 heavy (non-hydrogen) atoms. The van der Waals surface area contributed by atoms with Crippen LogP contribution in [0.15, 0.2) is 55.0 Å². The number of fused-ring (bicyclic) bond motifs is 1.